The van der Waals surface area contributed by atoms with E-state index in [-0.39, 0.29) is 17.7 Å². The van der Waals surface area contributed by atoms with Crippen LogP contribution < -0.4 is 5.32 Å². The molecule has 0 radical (unpaired) electrons. The van der Waals surface area contributed by atoms with Gasteiger partial charge >= 0.3 is 0 Å². The lowest BCUT2D eigenvalue weighted by Gasteiger charge is -2.15. The number of rotatable bonds is 6. The van der Waals surface area contributed by atoms with Crippen LogP contribution in [-0.2, 0) is 11.8 Å². The number of thioether (sulfide) groups is 1. The molecule has 0 aliphatic heterocycles. The Morgan fingerprint density at radius 2 is 1.82 bits per heavy atom. The van der Waals surface area contributed by atoms with E-state index in [4.69, 9.17) is 34.8 Å². The minimum Gasteiger partial charge on any atom is -0.349 e. The van der Waals surface area contributed by atoms with Crippen LogP contribution in [0.1, 0.15) is 18.5 Å². The van der Waals surface area contributed by atoms with Crippen LogP contribution in [0.25, 0.3) is 11.4 Å². The molecule has 3 aromatic rings. The maximum Gasteiger partial charge on any atom is 0.230 e. The molecule has 9 heteroatoms. The van der Waals surface area contributed by atoms with Gasteiger partial charge in [-0.1, -0.05) is 52.6 Å². The number of hydrogen-bond acceptors (Lipinski definition) is 4. The molecule has 1 unspecified atom stereocenters. The van der Waals surface area contributed by atoms with Crippen LogP contribution in [0.2, 0.25) is 15.1 Å². The molecule has 1 amide bonds. The van der Waals surface area contributed by atoms with Gasteiger partial charge in [0.25, 0.3) is 0 Å². The topological polar surface area (TPSA) is 59.8 Å². The second-order valence-corrected chi connectivity index (χ2v) is 8.32. The Labute approximate surface area is 182 Å². The van der Waals surface area contributed by atoms with Crippen molar-refractivity contribution < 1.29 is 4.79 Å². The first-order valence-corrected chi connectivity index (χ1v) is 10.5. The molecular weight excluding hydrogens is 439 g/mol. The van der Waals surface area contributed by atoms with E-state index in [0.717, 1.165) is 11.1 Å². The molecule has 0 aliphatic rings. The molecule has 28 heavy (non-hydrogen) atoms. The van der Waals surface area contributed by atoms with Gasteiger partial charge in [0.15, 0.2) is 11.0 Å². The molecule has 0 spiro atoms. The molecular formula is C19H17Cl3N4OS. The van der Waals surface area contributed by atoms with Crippen molar-refractivity contribution in [2.75, 3.05) is 5.75 Å². The molecule has 2 aromatic carbocycles. The van der Waals surface area contributed by atoms with Gasteiger partial charge in [-0.2, -0.15) is 0 Å². The summed E-state index contributed by atoms with van der Waals surface area (Å²) in [5.41, 5.74) is 1.79. The summed E-state index contributed by atoms with van der Waals surface area (Å²) in [5.74, 6) is 0.821. The summed E-state index contributed by atoms with van der Waals surface area (Å²) >= 11 is 19.2. The first-order valence-electron chi connectivity index (χ1n) is 8.37. The van der Waals surface area contributed by atoms with Crippen molar-refractivity contribution in [2.45, 2.75) is 18.1 Å². The van der Waals surface area contributed by atoms with E-state index >= 15 is 0 Å². The molecule has 3 rings (SSSR count). The van der Waals surface area contributed by atoms with Gasteiger partial charge in [0, 0.05) is 17.6 Å². The van der Waals surface area contributed by atoms with Crippen molar-refractivity contribution in [1.82, 2.24) is 20.1 Å². The maximum atomic E-state index is 12.3. The third-order valence-corrected chi connectivity index (χ3v) is 6.10. The SMILES string of the molecule is CC(NC(=O)CSc1nnc(-c2ccc(Cl)cc2)n1C)c1ccc(Cl)c(Cl)c1. The van der Waals surface area contributed by atoms with E-state index in [9.17, 15) is 4.79 Å². The summed E-state index contributed by atoms with van der Waals surface area (Å²) in [4.78, 5) is 12.3. The molecule has 0 aliphatic carbocycles. The molecule has 0 bridgehead atoms. The lowest BCUT2D eigenvalue weighted by molar-refractivity contribution is -0.119. The summed E-state index contributed by atoms with van der Waals surface area (Å²) in [6.45, 7) is 1.89. The molecule has 1 N–H and O–H groups in total. The van der Waals surface area contributed by atoms with Crippen LogP contribution in [0.4, 0.5) is 0 Å². The van der Waals surface area contributed by atoms with Gasteiger partial charge in [0.05, 0.1) is 21.8 Å². The van der Waals surface area contributed by atoms with Crippen LogP contribution >= 0.6 is 46.6 Å². The zero-order valence-electron chi connectivity index (χ0n) is 15.1. The number of benzene rings is 2. The highest BCUT2D eigenvalue weighted by Crippen LogP contribution is 2.26. The Hall–Kier alpha value is -1.73. The zero-order valence-corrected chi connectivity index (χ0v) is 18.2. The minimum absolute atomic E-state index is 0.111. The number of hydrogen-bond donors (Lipinski definition) is 1. The van der Waals surface area contributed by atoms with Crippen molar-refractivity contribution >= 4 is 52.5 Å². The predicted molar refractivity (Wildman–Crippen MR) is 115 cm³/mol. The number of carbonyl (C=O) groups excluding carboxylic acids is 1. The highest BCUT2D eigenvalue weighted by molar-refractivity contribution is 7.99. The smallest absolute Gasteiger partial charge is 0.230 e. The van der Waals surface area contributed by atoms with Gasteiger partial charge in [-0.05, 0) is 48.9 Å². The number of halogens is 3. The van der Waals surface area contributed by atoms with Gasteiger partial charge in [0.1, 0.15) is 0 Å². The monoisotopic (exact) mass is 454 g/mol. The first-order chi connectivity index (χ1) is 13.3. The summed E-state index contributed by atoms with van der Waals surface area (Å²) in [7, 11) is 1.86. The summed E-state index contributed by atoms with van der Waals surface area (Å²) in [6, 6.07) is 12.5. The van der Waals surface area contributed by atoms with E-state index < -0.39 is 0 Å². The Bertz CT molecular complexity index is 991. The van der Waals surface area contributed by atoms with E-state index in [1.807, 2.05) is 36.7 Å². The third kappa shape index (κ3) is 5.00. The van der Waals surface area contributed by atoms with Crippen LogP contribution in [0.5, 0.6) is 0 Å². The normalized spacial score (nSPS) is 12.0. The van der Waals surface area contributed by atoms with Crippen LogP contribution in [0.15, 0.2) is 47.6 Å². The second kappa shape index (κ2) is 9.18. The number of nitrogens with zero attached hydrogens (tertiary/aromatic N) is 3. The van der Waals surface area contributed by atoms with Gasteiger partial charge in [-0.3, -0.25) is 4.79 Å². The number of carbonyl (C=O) groups is 1. The first kappa shape index (κ1) is 21.0. The molecule has 146 valence electrons. The highest BCUT2D eigenvalue weighted by Gasteiger charge is 2.15. The van der Waals surface area contributed by atoms with Gasteiger partial charge < -0.3 is 9.88 Å². The summed E-state index contributed by atoms with van der Waals surface area (Å²) in [5, 5.41) is 13.6. The van der Waals surface area contributed by atoms with E-state index in [2.05, 4.69) is 15.5 Å². The van der Waals surface area contributed by atoms with Crippen molar-refractivity contribution in [1.29, 1.82) is 0 Å². The zero-order chi connectivity index (χ0) is 20.3. The van der Waals surface area contributed by atoms with Gasteiger partial charge in [-0.25, -0.2) is 0 Å². The second-order valence-electron chi connectivity index (χ2n) is 6.12. The fourth-order valence-electron chi connectivity index (χ4n) is 2.57. The lowest BCUT2D eigenvalue weighted by atomic mass is 10.1. The van der Waals surface area contributed by atoms with Crippen molar-refractivity contribution in [3.05, 3.63) is 63.1 Å². The average molecular weight is 456 g/mol. The number of aromatic nitrogens is 3. The average Bonchev–Trinajstić information content (AvgIpc) is 3.03. The Morgan fingerprint density at radius 1 is 1.11 bits per heavy atom. The Balaban J connectivity index is 1.60. The third-order valence-electron chi connectivity index (χ3n) is 4.09. The van der Waals surface area contributed by atoms with E-state index in [1.165, 1.54) is 11.8 Å². The van der Waals surface area contributed by atoms with Crippen molar-refractivity contribution in [2.24, 2.45) is 7.05 Å². The fourth-order valence-corrected chi connectivity index (χ4v) is 3.72. The molecule has 1 aromatic heterocycles. The van der Waals surface area contributed by atoms with Crippen molar-refractivity contribution in [3.8, 4) is 11.4 Å². The molecule has 1 heterocycles. The summed E-state index contributed by atoms with van der Waals surface area (Å²) < 4.78 is 1.85. The minimum atomic E-state index is -0.188. The van der Waals surface area contributed by atoms with E-state index in [0.29, 0.717) is 26.0 Å². The highest BCUT2D eigenvalue weighted by atomic mass is 35.5. The quantitative estimate of drug-likeness (QED) is 0.505. The number of amides is 1. The Kier molecular flexibility index (Phi) is 6.88. The van der Waals surface area contributed by atoms with Gasteiger partial charge in [-0.15, -0.1) is 10.2 Å². The Morgan fingerprint density at radius 3 is 2.50 bits per heavy atom. The standard InChI is InChI=1S/C19H17Cl3N4OS/c1-11(13-5-8-15(21)16(22)9-13)23-17(27)10-28-19-25-24-18(26(19)2)12-3-6-14(20)7-4-12/h3-9,11H,10H2,1-2H3,(H,23,27). The van der Waals surface area contributed by atoms with Crippen LogP contribution in [-0.4, -0.2) is 26.4 Å². The van der Waals surface area contributed by atoms with Crippen LogP contribution in [0.3, 0.4) is 0 Å². The fraction of sp³-hybridized carbons (Fsp3) is 0.211. The molecule has 5 nitrogen and oxygen atoms in total. The van der Waals surface area contributed by atoms with Crippen LogP contribution in [0, 0.1) is 0 Å². The van der Waals surface area contributed by atoms with E-state index in [1.54, 1.807) is 24.3 Å². The maximum absolute atomic E-state index is 12.3. The molecule has 0 saturated heterocycles. The van der Waals surface area contributed by atoms with Crippen molar-refractivity contribution in [3.63, 3.8) is 0 Å². The predicted octanol–water partition coefficient (Wildman–Crippen LogP) is 5.41. The number of nitrogens with one attached hydrogen (secondary N) is 1. The lowest BCUT2D eigenvalue weighted by Crippen LogP contribution is -2.28. The molecule has 0 fully saturated rings. The molecule has 0 saturated carbocycles. The van der Waals surface area contributed by atoms with Gasteiger partial charge in [0.2, 0.25) is 5.91 Å². The molecule has 1 atom stereocenters. The summed E-state index contributed by atoms with van der Waals surface area (Å²) in [6.07, 6.45) is 0. The largest absolute Gasteiger partial charge is 0.349 e.